The van der Waals surface area contributed by atoms with E-state index in [1.54, 1.807) is 21.1 Å². The van der Waals surface area contributed by atoms with Gasteiger partial charge in [-0.1, -0.05) is 6.92 Å². The van der Waals surface area contributed by atoms with Gasteiger partial charge in [-0.15, -0.1) is 0 Å². The van der Waals surface area contributed by atoms with E-state index in [0.717, 1.165) is 18.7 Å². The number of quaternary nitrogens is 1. The number of methoxy groups -OCH3 is 2. The minimum atomic E-state index is -0.744. The van der Waals surface area contributed by atoms with E-state index in [0.29, 0.717) is 12.2 Å². The molecule has 2 unspecified atom stereocenters. The Bertz CT molecular complexity index is 507. The Hall–Kier alpha value is -1.02. The van der Waals surface area contributed by atoms with Gasteiger partial charge >= 0.3 is 5.97 Å². The zero-order valence-electron chi connectivity index (χ0n) is 12.6. The molecule has 0 saturated carbocycles. The number of hydrogen-bond acceptors (Lipinski definition) is 3. The van der Waals surface area contributed by atoms with Crippen LogP contribution in [0.5, 0.6) is 11.5 Å². The Morgan fingerprint density at radius 2 is 2.00 bits per heavy atom. The van der Waals surface area contributed by atoms with Crippen LogP contribution in [-0.4, -0.2) is 31.8 Å². The first-order valence-corrected chi connectivity index (χ1v) is 6.87. The summed E-state index contributed by atoms with van der Waals surface area (Å²) in [5, 5.41) is 11.3. The largest absolute Gasteiger partial charge is 1.00 e. The molecular weight excluding hydrogens is 385 g/mol. The van der Waals surface area contributed by atoms with Crippen molar-refractivity contribution in [3.05, 3.63) is 23.3 Å². The number of halogens is 1. The Morgan fingerprint density at radius 1 is 1.38 bits per heavy atom. The van der Waals surface area contributed by atoms with E-state index in [1.807, 2.05) is 12.1 Å². The summed E-state index contributed by atoms with van der Waals surface area (Å²) < 4.78 is 10.7. The average molecular weight is 407 g/mol. The highest BCUT2D eigenvalue weighted by molar-refractivity contribution is 5.69. The number of ether oxygens (including phenoxy) is 2. The lowest BCUT2D eigenvalue weighted by Crippen LogP contribution is -3.00. The first-order chi connectivity index (χ1) is 9.56. The predicted octanol–water partition coefficient (Wildman–Crippen LogP) is -2.02. The van der Waals surface area contributed by atoms with Gasteiger partial charge in [0.2, 0.25) is 0 Å². The van der Waals surface area contributed by atoms with Crippen LogP contribution in [0.25, 0.3) is 0 Å². The molecule has 2 rings (SSSR count). The fourth-order valence-corrected chi connectivity index (χ4v) is 2.77. The highest BCUT2D eigenvalue weighted by atomic mass is 127. The van der Waals surface area contributed by atoms with Crippen molar-refractivity contribution < 1.29 is 48.7 Å². The molecule has 1 aromatic rings. The molecule has 0 saturated heterocycles. The first kappa shape index (κ1) is 18.0. The van der Waals surface area contributed by atoms with Gasteiger partial charge in [0.25, 0.3) is 0 Å². The molecule has 1 aliphatic heterocycles. The molecule has 3 N–H and O–H groups in total. The summed E-state index contributed by atoms with van der Waals surface area (Å²) in [6, 6.07) is 4.17. The lowest BCUT2D eigenvalue weighted by atomic mass is 9.88. The third-order valence-corrected chi connectivity index (χ3v) is 3.94. The molecule has 21 heavy (non-hydrogen) atoms. The van der Waals surface area contributed by atoms with Gasteiger partial charge in [-0.05, 0) is 17.7 Å². The molecule has 1 aliphatic rings. The Balaban J connectivity index is 0.00000220. The number of carbonyl (C=O) groups is 1. The molecule has 0 aliphatic carbocycles. The van der Waals surface area contributed by atoms with E-state index in [2.05, 4.69) is 5.32 Å². The summed E-state index contributed by atoms with van der Waals surface area (Å²) in [5.74, 6) is 0.342. The van der Waals surface area contributed by atoms with E-state index < -0.39 is 5.97 Å². The van der Waals surface area contributed by atoms with Gasteiger partial charge in [0.1, 0.15) is 6.04 Å². The van der Waals surface area contributed by atoms with Crippen LogP contribution >= 0.6 is 0 Å². The van der Waals surface area contributed by atoms with E-state index >= 15 is 0 Å². The molecule has 1 aromatic carbocycles. The molecule has 0 radical (unpaired) electrons. The molecule has 118 valence electrons. The number of benzene rings is 1. The average Bonchev–Trinajstić information content (AvgIpc) is 2.45. The summed E-state index contributed by atoms with van der Waals surface area (Å²) in [4.78, 5) is 11.0. The van der Waals surface area contributed by atoms with Gasteiger partial charge in [0.15, 0.2) is 11.5 Å². The topological polar surface area (TPSA) is 72.4 Å². The zero-order chi connectivity index (χ0) is 14.7. The third-order valence-electron chi connectivity index (χ3n) is 3.94. The minimum absolute atomic E-state index is 0. The first-order valence-electron chi connectivity index (χ1n) is 6.87. The van der Waals surface area contributed by atoms with Crippen molar-refractivity contribution in [1.82, 2.24) is 0 Å². The van der Waals surface area contributed by atoms with Crippen LogP contribution in [0.15, 0.2) is 12.1 Å². The van der Waals surface area contributed by atoms with Crippen molar-refractivity contribution in [3.8, 4) is 11.5 Å². The summed E-state index contributed by atoms with van der Waals surface area (Å²) in [5.41, 5.74) is 2.40. The second kappa shape index (κ2) is 7.84. The summed E-state index contributed by atoms with van der Waals surface area (Å²) in [7, 11) is 3.24. The van der Waals surface area contributed by atoms with Crippen LogP contribution < -0.4 is 38.8 Å². The summed E-state index contributed by atoms with van der Waals surface area (Å²) in [6.45, 7) is 2.73. The highest BCUT2D eigenvalue weighted by Crippen LogP contribution is 2.35. The molecule has 0 fully saturated rings. The van der Waals surface area contributed by atoms with Gasteiger partial charge in [-0.2, -0.15) is 0 Å². The summed E-state index contributed by atoms with van der Waals surface area (Å²) in [6.07, 6.45) is 1.59. The molecule has 0 aromatic heterocycles. The normalized spacial score (nSPS) is 18.1. The maximum atomic E-state index is 11.0. The molecular formula is C15H22INO4. The lowest BCUT2D eigenvalue weighted by molar-refractivity contribution is -0.700. The predicted molar refractivity (Wildman–Crippen MR) is 74.2 cm³/mol. The minimum Gasteiger partial charge on any atom is -1.00 e. The van der Waals surface area contributed by atoms with Crippen LogP contribution in [0.4, 0.5) is 0 Å². The van der Waals surface area contributed by atoms with E-state index in [-0.39, 0.29) is 35.9 Å². The van der Waals surface area contributed by atoms with Crippen molar-refractivity contribution in [2.75, 3.05) is 20.8 Å². The fraction of sp³-hybridized carbons (Fsp3) is 0.533. The Morgan fingerprint density at radius 3 is 2.57 bits per heavy atom. The maximum absolute atomic E-state index is 11.0. The monoisotopic (exact) mass is 407 g/mol. The second-order valence-electron chi connectivity index (χ2n) is 5.26. The highest BCUT2D eigenvalue weighted by Gasteiger charge is 2.28. The number of aliphatic carboxylic acids is 1. The van der Waals surface area contributed by atoms with Crippen molar-refractivity contribution in [1.29, 1.82) is 0 Å². The van der Waals surface area contributed by atoms with Crippen LogP contribution in [0.3, 0.4) is 0 Å². The van der Waals surface area contributed by atoms with Crippen LogP contribution in [-0.2, 0) is 11.2 Å². The SMILES string of the molecule is COc1cc2c(cc1OC)C(CC(C)C(=O)O)[NH2+]CC2.[I-]. The van der Waals surface area contributed by atoms with Gasteiger partial charge < -0.3 is 43.9 Å². The van der Waals surface area contributed by atoms with Crippen LogP contribution in [0.1, 0.15) is 30.5 Å². The van der Waals surface area contributed by atoms with E-state index in [1.165, 1.54) is 11.1 Å². The standard InChI is InChI=1S/C15H21NO4.HI/c1-9(15(17)18)6-12-11-8-14(20-3)13(19-2)7-10(11)4-5-16-12;/h7-9,12,16H,4-6H2,1-3H3,(H,17,18);1H. The number of rotatable bonds is 5. The lowest BCUT2D eigenvalue weighted by Gasteiger charge is -2.26. The third kappa shape index (κ3) is 4.00. The fourth-order valence-electron chi connectivity index (χ4n) is 2.77. The molecule has 0 amide bonds. The number of carboxylic acids is 1. The van der Waals surface area contributed by atoms with Crippen molar-refractivity contribution in [3.63, 3.8) is 0 Å². The maximum Gasteiger partial charge on any atom is 0.306 e. The molecule has 6 heteroatoms. The number of fused-ring (bicyclic) bond motifs is 1. The van der Waals surface area contributed by atoms with Crippen LogP contribution in [0, 0.1) is 5.92 Å². The van der Waals surface area contributed by atoms with Crippen LogP contribution in [0.2, 0.25) is 0 Å². The van der Waals surface area contributed by atoms with Crippen molar-refractivity contribution >= 4 is 5.97 Å². The zero-order valence-corrected chi connectivity index (χ0v) is 14.7. The quantitative estimate of drug-likeness (QED) is 0.553. The number of carboxylic acid groups (broad SMARTS) is 1. The second-order valence-corrected chi connectivity index (χ2v) is 5.26. The Labute approximate surface area is 142 Å². The smallest absolute Gasteiger partial charge is 0.306 e. The van der Waals surface area contributed by atoms with Gasteiger partial charge in [-0.25, -0.2) is 0 Å². The molecule has 0 bridgehead atoms. The van der Waals surface area contributed by atoms with Gasteiger partial charge in [-0.3, -0.25) is 4.79 Å². The van der Waals surface area contributed by atoms with Crippen molar-refractivity contribution in [2.45, 2.75) is 25.8 Å². The van der Waals surface area contributed by atoms with E-state index in [4.69, 9.17) is 14.6 Å². The molecule has 0 spiro atoms. The summed E-state index contributed by atoms with van der Waals surface area (Å²) >= 11 is 0. The van der Waals surface area contributed by atoms with E-state index in [9.17, 15) is 4.79 Å². The van der Waals surface area contributed by atoms with Gasteiger partial charge in [0.05, 0.1) is 26.7 Å². The molecule has 5 nitrogen and oxygen atoms in total. The number of hydrogen-bond donors (Lipinski definition) is 2. The number of nitrogens with two attached hydrogens (primary N) is 1. The molecule has 1 heterocycles. The van der Waals surface area contributed by atoms with Crippen molar-refractivity contribution in [2.24, 2.45) is 5.92 Å². The molecule has 2 atom stereocenters. The van der Waals surface area contributed by atoms with Gasteiger partial charge in [0, 0.05) is 18.4 Å². The Kier molecular flexibility index (Phi) is 6.73.